The van der Waals surface area contributed by atoms with E-state index < -0.39 is 0 Å². The van der Waals surface area contributed by atoms with E-state index in [1.807, 2.05) is 60.7 Å². The van der Waals surface area contributed by atoms with Crippen molar-refractivity contribution in [2.75, 3.05) is 6.61 Å². The number of fused-ring (bicyclic) bond motifs is 4. The second kappa shape index (κ2) is 11.2. The van der Waals surface area contributed by atoms with Gasteiger partial charge in [0, 0.05) is 30.3 Å². The zero-order valence-electron chi connectivity index (χ0n) is 21.4. The van der Waals surface area contributed by atoms with Gasteiger partial charge in [-0.25, -0.2) is 0 Å². The fourth-order valence-electron chi connectivity index (χ4n) is 4.35. The SMILES string of the molecule is CC(C)c1ccc2sc3ccccc3c(=O)c2c1.CCCOc1ccc(Cl)c2c(=O)c3ccccc3sc12. The molecule has 0 aliphatic heterocycles. The van der Waals surface area contributed by atoms with Gasteiger partial charge in [-0.1, -0.05) is 62.7 Å². The van der Waals surface area contributed by atoms with Crippen molar-refractivity contribution in [3.8, 4) is 5.75 Å². The minimum atomic E-state index is -0.0266. The molecule has 2 heterocycles. The summed E-state index contributed by atoms with van der Waals surface area (Å²) in [6.07, 6.45) is 0.923. The van der Waals surface area contributed by atoms with Gasteiger partial charge in [-0.3, -0.25) is 9.59 Å². The molecule has 0 radical (unpaired) electrons. The van der Waals surface area contributed by atoms with Crippen molar-refractivity contribution in [2.24, 2.45) is 0 Å². The van der Waals surface area contributed by atoms with Crippen LogP contribution in [0.1, 0.15) is 38.7 Å². The van der Waals surface area contributed by atoms with E-state index >= 15 is 0 Å². The highest BCUT2D eigenvalue weighted by Crippen LogP contribution is 2.35. The third kappa shape index (κ3) is 5.06. The number of ether oxygens (including phenoxy) is 1. The quantitative estimate of drug-likeness (QED) is 0.202. The topological polar surface area (TPSA) is 43.4 Å². The van der Waals surface area contributed by atoms with Crippen LogP contribution < -0.4 is 15.6 Å². The highest BCUT2D eigenvalue weighted by molar-refractivity contribution is 7.25. The van der Waals surface area contributed by atoms with Crippen LogP contribution in [0.2, 0.25) is 5.02 Å². The zero-order chi connectivity index (χ0) is 26.8. The molecule has 0 aliphatic rings. The molecule has 0 unspecified atom stereocenters. The molecule has 0 fully saturated rings. The molecule has 4 aromatic carbocycles. The van der Waals surface area contributed by atoms with Crippen LogP contribution in [0, 0.1) is 0 Å². The van der Waals surface area contributed by atoms with Gasteiger partial charge in [0.2, 0.25) is 0 Å². The van der Waals surface area contributed by atoms with Gasteiger partial charge in [0.1, 0.15) is 5.75 Å². The van der Waals surface area contributed by atoms with Crippen molar-refractivity contribution in [3.05, 3.63) is 110 Å². The van der Waals surface area contributed by atoms with Crippen LogP contribution in [0.5, 0.6) is 5.75 Å². The van der Waals surface area contributed by atoms with Crippen LogP contribution in [0.25, 0.3) is 40.3 Å². The predicted molar refractivity (Wildman–Crippen MR) is 166 cm³/mol. The summed E-state index contributed by atoms with van der Waals surface area (Å²) in [5.41, 5.74) is 1.35. The van der Waals surface area contributed by atoms with Crippen molar-refractivity contribution >= 4 is 74.6 Å². The summed E-state index contributed by atoms with van der Waals surface area (Å²) in [4.78, 5) is 25.1. The maximum Gasteiger partial charge on any atom is 0.197 e. The highest BCUT2D eigenvalue weighted by atomic mass is 35.5. The summed E-state index contributed by atoms with van der Waals surface area (Å²) in [5, 5.41) is 3.43. The Morgan fingerprint density at radius 3 is 2.08 bits per heavy atom. The Kier molecular flexibility index (Phi) is 7.80. The van der Waals surface area contributed by atoms with Crippen LogP contribution in [0.3, 0.4) is 0 Å². The molecule has 2 aromatic heterocycles. The predicted octanol–water partition coefficient (Wildman–Crippen LogP) is 9.39. The molecule has 6 heteroatoms. The van der Waals surface area contributed by atoms with Gasteiger partial charge >= 0.3 is 0 Å². The Morgan fingerprint density at radius 1 is 0.763 bits per heavy atom. The van der Waals surface area contributed by atoms with Crippen LogP contribution in [0.15, 0.2) is 88.5 Å². The first-order valence-electron chi connectivity index (χ1n) is 12.6. The molecule has 0 saturated heterocycles. The molecular formula is C32H27ClO3S2. The van der Waals surface area contributed by atoms with Crippen LogP contribution in [0.4, 0.5) is 0 Å². The lowest BCUT2D eigenvalue weighted by Crippen LogP contribution is -2.03. The average Bonchev–Trinajstić information content (AvgIpc) is 2.93. The first kappa shape index (κ1) is 26.4. The fraction of sp³-hybridized carbons (Fsp3) is 0.188. The lowest BCUT2D eigenvalue weighted by Gasteiger charge is -2.09. The van der Waals surface area contributed by atoms with Gasteiger partial charge in [0.25, 0.3) is 0 Å². The van der Waals surface area contributed by atoms with E-state index in [9.17, 15) is 9.59 Å². The average molecular weight is 559 g/mol. The van der Waals surface area contributed by atoms with E-state index in [1.54, 1.807) is 28.7 Å². The zero-order valence-corrected chi connectivity index (χ0v) is 23.8. The molecule has 0 bridgehead atoms. The lowest BCUT2D eigenvalue weighted by atomic mass is 10.0. The molecule has 3 nitrogen and oxygen atoms in total. The molecule has 0 N–H and O–H groups in total. The second-order valence-electron chi connectivity index (χ2n) is 9.36. The molecule has 6 rings (SSSR count). The van der Waals surface area contributed by atoms with Gasteiger partial charge in [0.05, 0.1) is 21.7 Å². The van der Waals surface area contributed by atoms with Crippen molar-refractivity contribution in [2.45, 2.75) is 33.1 Å². The summed E-state index contributed by atoms with van der Waals surface area (Å²) < 4.78 is 9.66. The van der Waals surface area contributed by atoms with Gasteiger partial charge in [0.15, 0.2) is 10.9 Å². The van der Waals surface area contributed by atoms with E-state index in [0.29, 0.717) is 28.3 Å². The Hall–Kier alpha value is -3.25. The maximum atomic E-state index is 12.6. The largest absolute Gasteiger partial charge is 0.492 e. The van der Waals surface area contributed by atoms with E-state index in [4.69, 9.17) is 16.3 Å². The van der Waals surface area contributed by atoms with Gasteiger partial charge in [-0.05, 0) is 66.4 Å². The number of halogens is 1. The van der Waals surface area contributed by atoms with Gasteiger partial charge in [-0.15, -0.1) is 22.7 Å². The maximum absolute atomic E-state index is 12.6. The molecule has 6 aromatic rings. The van der Waals surface area contributed by atoms with Crippen LogP contribution >= 0.6 is 34.3 Å². The molecule has 38 heavy (non-hydrogen) atoms. The number of benzene rings is 4. The summed E-state index contributed by atoms with van der Waals surface area (Å²) in [7, 11) is 0. The summed E-state index contributed by atoms with van der Waals surface area (Å²) in [6, 6.07) is 25.2. The standard InChI is InChI=1S/C16H13ClO2S.C16H14OS/c1-2-9-19-12-8-7-11(17)14-15(18)10-5-3-4-6-13(10)20-16(12)14;1-10(2)11-7-8-15-13(9-11)16(17)12-5-3-4-6-14(12)18-15/h3-8H,2,9H2,1H3;3-10H,1-2H3. The van der Waals surface area contributed by atoms with E-state index in [-0.39, 0.29) is 10.9 Å². The second-order valence-corrected chi connectivity index (χ2v) is 11.9. The minimum Gasteiger partial charge on any atom is -0.492 e. The molecule has 0 amide bonds. The van der Waals surface area contributed by atoms with E-state index in [0.717, 1.165) is 41.7 Å². The Balaban J connectivity index is 0.000000156. The normalized spacial score (nSPS) is 11.3. The molecule has 0 aliphatic carbocycles. The smallest absolute Gasteiger partial charge is 0.197 e. The Bertz CT molecular complexity index is 1900. The summed E-state index contributed by atoms with van der Waals surface area (Å²) in [6.45, 7) is 6.98. The lowest BCUT2D eigenvalue weighted by molar-refractivity contribution is 0.321. The van der Waals surface area contributed by atoms with Crippen LogP contribution in [-0.4, -0.2) is 6.61 Å². The molecule has 0 saturated carbocycles. The molecule has 192 valence electrons. The summed E-state index contributed by atoms with van der Waals surface area (Å²) >= 11 is 9.45. The highest BCUT2D eigenvalue weighted by Gasteiger charge is 2.13. The third-order valence-electron chi connectivity index (χ3n) is 6.37. The van der Waals surface area contributed by atoms with Crippen molar-refractivity contribution < 1.29 is 4.74 Å². The molecule has 0 atom stereocenters. The Morgan fingerprint density at radius 2 is 1.39 bits per heavy atom. The van der Waals surface area contributed by atoms with E-state index in [1.165, 1.54) is 5.56 Å². The number of hydrogen-bond donors (Lipinski definition) is 0. The Labute approximate surface area is 233 Å². The monoisotopic (exact) mass is 558 g/mol. The third-order valence-corrected chi connectivity index (χ3v) is 9.02. The van der Waals surface area contributed by atoms with E-state index in [2.05, 4.69) is 32.9 Å². The van der Waals surface area contributed by atoms with Crippen molar-refractivity contribution in [3.63, 3.8) is 0 Å². The summed E-state index contributed by atoms with van der Waals surface area (Å²) in [5.74, 6) is 1.18. The van der Waals surface area contributed by atoms with Crippen molar-refractivity contribution in [1.82, 2.24) is 0 Å². The number of hydrogen-bond acceptors (Lipinski definition) is 5. The van der Waals surface area contributed by atoms with Gasteiger partial charge in [-0.2, -0.15) is 0 Å². The minimum absolute atomic E-state index is 0.0266. The van der Waals surface area contributed by atoms with Gasteiger partial charge < -0.3 is 4.74 Å². The first-order valence-corrected chi connectivity index (χ1v) is 14.6. The first-order chi connectivity index (χ1) is 18.4. The molecule has 0 spiro atoms. The fourth-order valence-corrected chi connectivity index (χ4v) is 6.87. The van der Waals surface area contributed by atoms with Crippen LogP contribution in [-0.2, 0) is 0 Å². The number of rotatable bonds is 4. The van der Waals surface area contributed by atoms with Crippen molar-refractivity contribution in [1.29, 1.82) is 0 Å². The molecular weight excluding hydrogens is 532 g/mol.